The van der Waals surface area contributed by atoms with E-state index in [0.29, 0.717) is 40.4 Å². The van der Waals surface area contributed by atoms with Crippen LogP contribution >= 0.6 is 0 Å². The Kier molecular flexibility index (Phi) is 5.70. The van der Waals surface area contributed by atoms with Crippen molar-refractivity contribution in [2.75, 3.05) is 19.0 Å². The van der Waals surface area contributed by atoms with Gasteiger partial charge >= 0.3 is 0 Å². The van der Waals surface area contributed by atoms with Gasteiger partial charge in [-0.15, -0.1) is 0 Å². The first-order chi connectivity index (χ1) is 15.0. The van der Waals surface area contributed by atoms with Gasteiger partial charge in [-0.2, -0.15) is 0 Å². The summed E-state index contributed by atoms with van der Waals surface area (Å²) in [6.45, 7) is 0.306. The van der Waals surface area contributed by atoms with Gasteiger partial charge < -0.3 is 15.8 Å². The Labute approximate surface area is 178 Å². The van der Waals surface area contributed by atoms with Crippen molar-refractivity contribution in [2.24, 2.45) is 5.73 Å². The summed E-state index contributed by atoms with van der Waals surface area (Å²) >= 11 is 0. The number of ether oxygens (including phenoxy) is 1. The van der Waals surface area contributed by atoms with Gasteiger partial charge in [0.25, 0.3) is 0 Å². The summed E-state index contributed by atoms with van der Waals surface area (Å²) < 4.78 is 19.4. The zero-order valence-electron chi connectivity index (χ0n) is 16.8. The van der Waals surface area contributed by atoms with E-state index in [1.54, 1.807) is 31.6 Å². The van der Waals surface area contributed by atoms with Gasteiger partial charge in [0.05, 0.1) is 7.11 Å². The number of carbonyl (C=O) groups excluding carboxylic acids is 1. The van der Waals surface area contributed by atoms with Crippen molar-refractivity contribution in [2.45, 2.75) is 6.42 Å². The lowest BCUT2D eigenvalue weighted by Crippen LogP contribution is -2.16. The predicted molar refractivity (Wildman–Crippen MR) is 117 cm³/mol. The van der Waals surface area contributed by atoms with Crippen molar-refractivity contribution in [3.8, 4) is 28.3 Å². The first-order valence-electron chi connectivity index (χ1n) is 9.63. The third kappa shape index (κ3) is 4.42. The van der Waals surface area contributed by atoms with Crippen molar-refractivity contribution in [3.63, 3.8) is 0 Å². The lowest BCUT2D eigenvalue weighted by Gasteiger charge is -2.14. The minimum Gasteiger partial charge on any atom is -0.494 e. The van der Waals surface area contributed by atoms with Gasteiger partial charge in [-0.1, -0.05) is 12.1 Å². The Hall–Kier alpha value is -4.07. The van der Waals surface area contributed by atoms with Gasteiger partial charge in [-0.3, -0.25) is 9.78 Å². The number of nitrogens with zero attached hydrogens (tertiary/aromatic N) is 3. The summed E-state index contributed by atoms with van der Waals surface area (Å²) in [6, 6.07) is 13.6. The standard InChI is InChI=1S/C23H20FN5O2/c1-31-19-12-16(14-4-2-6-17(24)10-14)11-18-21(19)28-22(15-5-3-8-26-13-15)29-23(18)27-9-7-20(25)30/h2-6,8,10-13H,7,9H2,1H3,(H2,25,30)(H,27,28,29). The maximum Gasteiger partial charge on any atom is 0.219 e. The Bertz CT molecular complexity index is 1250. The van der Waals surface area contributed by atoms with E-state index >= 15 is 0 Å². The zero-order valence-corrected chi connectivity index (χ0v) is 16.8. The largest absolute Gasteiger partial charge is 0.494 e. The number of nitrogens with two attached hydrogens (primary N) is 1. The Morgan fingerprint density at radius 3 is 2.65 bits per heavy atom. The maximum atomic E-state index is 13.8. The normalized spacial score (nSPS) is 10.8. The second kappa shape index (κ2) is 8.74. The van der Waals surface area contributed by atoms with E-state index in [2.05, 4.69) is 15.3 Å². The smallest absolute Gasteiger partial charge is 0.219 e. The molecule has 3 N–H and O–H groups in total. The molecule has 0 unspecified atom stereocenters. The van der Waals surface area contributed by atoms with E-state index in [9.17, 15) is 9.18 Å². The van der Waals surface area contributed by atoms with Crippen LogP contribution in [-0.4, -0.2) is 34.5 Å². The second-order valence-corrected chi connectivity index (χ2v) is 6.87. The van der Waals surface area contributed by atoms with Crippen LogP contribution in [0.3, 0.4) is 0 Å². The number of hydrogen-bond acceptors (Lipinski definition) is 6. The molecule has 0 saturated carbocycles. The molecule has 0 saturated heterocycles. The molecular formula is C23H20FN5O2. The van der Waals surface area contributed by atoms with Crippen LogP contribution in [0.2, 0.25) is 0 Å². The quantitative estimate of drug-likeness (QED) is 0.474. The van der Waals surface area contributed by atoms with Crippen molar-refractivity contribution in [3.05, 3.63) is 66.7 Å². The zero-order chi connectivity index (χ0) is 21.8. The summed E-state index contributed by atoms with van der Waals surface area (Å²) in [4.78, 5) is 24.7. The number of nitrogens with one attached hydrogen (secondary N) is 1. The van der Waals surface area contributed by atoms with Crippen molar-refractivity contribution >= 4 is 22.6 Å². The van der Waals surface area contributed by atoms with Crippen LogP contribution in [0.5, 0.6) is 5.75 Å². The number of anilines is 1. The average molecular weight is 417 g/mol. The third-order valence-corrected chi connectivity index (χ3v) is 4.73. The Balaban J connectivity index is 1.91. The molecule has 0 bridgehead atoms. The van der Waals surface area contributed by atoms with Gasteiger partial charge in [0, 0.05) is 36.3 Å². The van der Waals surface area contributed by atoms with E-state index in [4.69, 9.17) is 15.5 Å². The molecule has 1 amide bonds. The Morgan fingerprint density at radius 1 is 1.10 bits per heavy atom. The Morgan fingerprint density at radius 2 is 1.94 bits per heavy atom. The lowest BCUT2D eigenvalue weighted by atomic mass is 10.0. The molecule has 31 heavy (non-hydrogen) atoms. The molecule has 0 atom stereocenters. The van der Waals surface area contributed by atoms with Gasteiger partial charge in [0.1, 0.15) is 22.9 Å². The minimum atomic E-state index is -0.420. The van der Waals surface area contributed by atoms with Gasteiger partial charge in [0.2, 0.25) is 5.91 Å². The van der Waals surface area contributed by atoms with Crippen LogP contribution in [0, 0.1) is 5.82 Å². The summed E-state index contributed by atoms with van der Waals surface area (Å²) in [5.41, 5.74) is 8.03. The van der Waals surface area contributed by atoms with Crippen molar-refractivity contribution < 1.29 is 13.9 Å². The van der Waals surface area contributed by atoms with Crippen LogP contribution in [0.25, 0.3) is 33.4 Å². The second-order valence-electron chi connectivity index (χ2n) is 6.87. The monoisotopic (exact) mass is 417 g/mol. The van der Waals surface area contributed by atoms with E-state index in [1.165, 1.54) is 12.1 Å². The number of rotatable bonds is 7. The highest BCUT2D eigenvalue weighted by molar-refractivity contribution is 5.98. The molecule has 4 rings (SSSR count). The van der Waals surface area contributed by atoms with Crippen LogP contribution in [0.4, 0.5) is 10.2 Å². The molecular weight excluding hydrogens is 397 g/mol. The molecule has 156 valence electrons. The number of halogens is 1. The number of primary amides is 1. The molecule has 2 aromatic heterocycles. The summed E-state index contributed by atoms with van der Waals surface area (Å²) in [5.74, 6) is 0.735. The molecule has 8 heteroatoms. The third-order valence-electron chi connectivity index (χ3n) is 4.73. The molecule has 0 radical (unpaired) electrons. The topological polar surface area (TPSA) is 103 Å². The summed E-state index contributed by atoms with van der Waals surface area (Å²) in [7, 11) is 1.55. The van der Waals surface area contributed by atoms with Crippen LogP contribution in [0.15, 0.2) is 60.9 Å². The number of benzene rings is 2. The highest BCUT2D eigenvalue weighted by Gasteiger charge is 2.16. The number of fused-ring (bicyclic) bond motifs is 1. The number of carbonyl (C=O) groups is 1. The van der Waals surface area contributed by atoms with Gasteiger partial charge in [-0.05, 0) is 47.5 Å². The number of aromatic nitrogens is 3. The molecule has 0 aliphatic carbocycles. The fourth-order valence-corrected chi connectivity index (χ4v) is 3.25. The van der Waals surface area contributed by atoms with E-state index in [-0.39, 0.29) is 12.2 Å². The van der Waals surface area contributed by atoms with Crippen LogP contribution in [-0.2, 0) is 4.79 Å². The average Bonchev–Trinajstić information content (AvgIpc) is 2.78. The van der Waals surface area contributed by atoms with Crippen molar-refractivity contribution in [1.29, 1.82) is 0 Å². The molecule has 0 spiro atoms. The van der Waals surface area contributed by atoms with E-state index in [1.807, 2.05) is 24.3 Å². The van der Waals surface area contributed by atoms with E-state index in [0.717, 1.165) is 11.1 Å². The van der Waals surface area contributed by atoms with Crippen molar-refractivity contribution in [1.82, 2.24) is 15.0 Å². The molecule has 7 nitrogen and oxygen atoms in total. The van der Waals surface area contributed by atoms with Crippen LogP contribution in [0.1, 0.15) is 6.42 Å². The highest BCUT2D eigenvalue weighted by atomic mass is 19.1. The summed E-state index contributed by atoms with van der Waals surface area (Å²) in [6.07, 6.45) is 3.48. The maximum absolute atomic E-state index is 13.8. The first-order valence-corrected chi connectivity index (χ1v) is 9.63. The number of pyridine rings is 1. The SMILES string of the molecule is COc1cc(-c2cccc(F)c2)cc2c(NCCC(N)=O)nc(-c3cccnc3)nc12. The summed E-state index contributed by atoms with van der Waals surface area (Å²) in [5, 5.41) is 3.85. The number of hydrogen-bond donors (Lipinski definition) is 2. The van der Waals surface area contributed by atoms with Crippen LogP contribution < -0.4 is 15.8 Å². The molecule has 4 aromatic rings. The predicted octanol–water partition coefficient (Wildman–Crippen LogP) is 3.79. The number of amides is 1. The molecule has 2 heterocycles. The van der Waals surface area contributed by atoms with E-state index < -0.39 is 5.91 Å². The fraction of sp³-hybridized carbons (Fsp3) is 0.130. The van der Waals surface area contributed by atoms with Gasteiger partial charge in [0.15, 0.2) is 5.82 Å². The lowest BCUT2D eigenvalue weighted by molar-refractivity contribution is -0.117. The fourth-order valence-electron chi connectivity index (χ4n) is 3.25. The molecule has 0 aliphatic heterocycles. The number of methoxy groups -OCH3 is 1. The molecule has 0 aliphatic rings. The minimum absolute atomic E-state index is 0.147. The first kappa shape index (κ1) is 20.2. The van der Waals surface area contributed by atoms with Gasteiger partial charge in [-0.25, -0.2) is 14.4 Å². The highest BCUT2D eigenvalue weighted by Crippen LogP contribution is 2.36. The molecule has 0 fully saturated rings. The molecule has 2 aromatic carbocycles.